The van der Waals surface area contributed by atoms with E-state index in [1.54, 1.807) is 0 Å². The fourth-order valence-corrected chi connectivity index (χ4v) is 5.17. The van der Waals surface area contributed by atoms with E-state index in [1.165, 1.54) is 12.7 Å². The SMILES string of the molecule is CC1(C)[C@@H]2CC[C@@]1(CBr)/C(=C\OS(C)(=O)=O)C2. The van der Waals surface area contributed by atoms with Gasteiger partial charge in [-0.05, 0) is 36.2 Å². The van der Waals surface area contributed by atoms with Crippen molar-refractivity contribution in [3.05, 3.63) is 11.8 Å². The van der Waals surface area contributed by atoms with Gasteiger partial charge in [0.2, 0.25) is 0 Å². The molecule has 0 N–H and O–H groups in total. The zero-order valence-electron chi connectivity index (χ0n) is 10.5. The summed E-state index contributed by atoms with van der Waals surface area (Å²) in [6.45, 7) is 4.57. The zero-order valence-corrected chi connectivity index (χ0v) is 12.9. The molecule has 0 aliphatic heterocycles. The van der Waals surface area contributed by atoms with Crippen LogP contribution in [0.25, 0.3) is 0 Å². The Bertz CT molecular complexity index is 452. The first-order chi connectivity index (χ1) is 7.73. The molecule has 98 valence electrons. The van der Waals surface area contributed by atoms with Crippen LogP contribution in [-0.2, 0) is 14.3 Å². The molecule has 2 aliphatic rings. The van der Waals surface area contributed by atoms with Crippen molar-refractivity contribution in [2.24, 2.45) is 16.7 Å². The summed E-state index contributed by atoms with van der Waals surface area (Å²) in [5, 5.41) is 0.877. The summed E-state index contributed by atoms with van der Waals surface area (Å²) in [6, 6.07) is 0. The lowest BCUT2D eigenvalue weighted by atomic mass is 9.69. The molecule has 2 atom stereocenters. The molecular formula is C12H19BrO3S. The van der Waals surface area contributed by atoms with Gasteiger partial charge in [-0.25, -0.2) is 0 Å². The lowest BCUT2D eigenvalue weighted by Crippen LogP contribution is -2.33. The van der Waals surface area contributed by atoms with Gasteiger partial charge in [-0.3, -0.25) is 0 Å². The van der Waals surface area contributed by atoms with E-state index in [2.05, 4.69) is 29.8 Å². The van der Waals surface area contributed by atoms with Crippen molar-refractivity contribution in [1.82, 2.24) is 0 Å². The minimum Gasteiger partial charge on any atom is -0.391 e. The van der Waals surface area contributed by atoms with E-state index < -0.39 is 10.1 Å². The molecule has 0 amide bonds. The van der Waals surface area contributed by atoms with Crippen molar-refractivity contribution in [1.29, 1.82) is 0 Å². The van der Waals surface area contributed by atoms with E-state index in [9.17, 15) is 8.42 Å². The van der Waals surface area contributed by atoms with Crippen LogP contribution in [0.4, 0.5) is 0 Å². The molecule has 0 spiro atoms. The number of allylic oxidation sites excluding steroid dienone is 1. The molecule has 2 saturated carbocycles. The number of hydrogen-bond acceptors (Lipinski definition) is 3. The molecule has 0 aromatic carbocycles. The second kappa shape index (κ2) is 3.98. The van der Waals surface area contributed by atoms with Crippen LogP contribution in [0.2, 0.25) is 0 Å². The lowest BCUT2D eigenvalue weighted by molar-refractivity contribution is 0.183. The highest BCUT2D eigenvalue weighted by molar-refractivity contribution is 9.09. The molecule has 0 heterocycles. The Balaban J connectivity index is 2.34. The van der Waals surface area contributed by atoms with Gasteiger partial charge in [0.1, 0.15) is 6.26 Å². The Labute approximate surface area is 112 Å². The first kappa shape index (κ1) is 13.4. The molecule has 3 nitrogen and oxygen atoms in total. The summed E-state index contributed by atoms with van der Waals surface area (Å²) in [6.07, 6.45) is 5.89. The number of hydrogen-bond donors (Lipinski definition) is 0. The van der Waals surface area contributed by atoms with Crippen LogP contribution >= 0.6 is 15.9 Å². The first-order valence-corrected chi connectivity index (χ1v) is 8.80. The van der Waals surface area contributed by atoms with Gasteiger partial charge in [0.25, 0.3) is 0 Å². The Kier molecular flexibility index (Phi) is 3.14. The van der Waals surface area contributed by atoms with E-state index in [4.69, 9.17) is 4.18 Å². The number of alkyl halides is 1. The molecule has 0 aromatic rings. The smallest absolute Gasteiger partial charge is 0.305 e. The molecule has 0 aromatic heterocycles. The third-order valence-electron chi connectivity index (χ3n) is 4.85. The van der Waals surface area contributed by atoms with Crippen LogP contribution in [0.3, 0.4) is 0 Å². The minimum atomic E-state index is -3.39. The molecule has 5 heteroatoms. The Hall–Kier alpha value is -0.0300. The fraction of sp³-hybridized carbons (Fsp3) is 0.833. The second-order valence-corrected chi connectivity index (χ2v) is 7.98. The molecule has 0 unspecified atom stereocenters. The maximum Gasteiger partial charge on any atom is 0.305 e. The predicted molar refractivity (Wildman–Crippen MR) is 71.4 cm³/mol. The highest BCUT2D eigenvalue weighted by Gasteiger charge is 2.61. The average molecular weight is 323 g/mol. The molecule has 2 bridgehead atoms. The zero-order chi connectivity index (χ0) is 12.9. The van der Waals surface area contributed by atoms with Crippen LogP contribution in [0.5, 0.6) is 0 Å². The van der Waals surface area contributed by atoms with Crippen LogP contribution in [0.15, 0.2) is 11.8 Å². The van der Waals surface area contributed by atoms with Crippen molar-refractivity contribution in [2.45, 2.75) is 33.1 Å². The maximum atomic E-state index is 11.1. The first-order valence-electron chi connectivity index (χ1n) is 5.87. The highest BCUT2D eigenvalue weighted by atomic mass is 79.9. The van der Waals surface area contributed by atoms with Gasteiger partial charge in [0, 0.05) is 10.7 Å². The van der Waals surface area contributed by atoms with Gasteiger partial charge in [0.15, 0.2) is 0 Å². The summed E-state index contributed by atoms with van der Waals surface area (Å²) in [5.41, 5.74) is 1.45. The summed E-state index contributed by atoms with van der Waals surface area (Å²) in [7, 11) is -3.39. The quantitative estimate of drug-likeness (QED) is 0.455. The molecular weight excluding hydrogens is 304 g/mol. The molecule has 17 heavy (non-hydrogen) atoms. The molecule has 2 fully saturated rings. The van der Waals surface area contributed by atoms with Gasteiger partial charge in [-0.2, -0.15) is 8.42 Å². The van der Waals surface area contributed by atoms with Gasteiger partial charge >= 0.3 is 10.1 Å². The summed E-state index contributed by atoms with van der Waals surface area (Å²) < 4.78 is 27.0. The van der Waals surface area contributed by atoms with Crippen LogP contribution in [-0.4, -0.2) is 20.0 Å². The van der Waals surface area contributed by atoms with Gasteiger partial charge in [0.05, 0.1) is 6.26 Å². The Morgan fingerprint density at radius 2 is 2.18 bits per heavy atom. The predicted octanol–water partition coefficient (Wildman–Crippen LogP) is 3.07. The summed E-state index contributed by atoms with van der Waals surface area (Å²) in [4.78, 5) is 0. The normalized spacial score (nSPS) is 37.6. The topological polar surface area (TPSA) is 43.4 Å². The van der Waals surface area contributed by atoms with Gasteiger partial charge in [-0.15, -0.1) is 0 Å². The van der Waals surface area contributed by atoms with E-state index in [-0.39, 0.29) is 10.8 Å². The van der Waals surface area contributed by atoms with Crippen molar-refractivity contribution in [3.8, 4) is 0 Å². The maximum absolute atomic E-state index is 11.1. The molecule has 0 saturated heterocycles. The second-order valence-electron chi connectivity index (χ2n) is 5.82. The fourth-order valence-electron chi connectivity index (χ4n) is 3.52. The van der Waals surface area contributed by atoms with Crippen LogP contribution in [0.1, 0.15) is 33.1 Å². The van der Waals surface area contributed by atoms with E-state index in [1.807, 2.05) is 0 Å². The van der Waals surface area contributed by atoms with Crippen molar-refractivity contribution < 1.29 is 12.6 Å². The average Bonchev–Trinajstić information content (AvgIpc) is 2.59. The summed E-state index contributed by atoms with van der Waals surface area (Å²) >= 11 is 3.61. The number of fused-ring (bicyclic) bond motifs is 2. The third kappa shape index (κ3) is 1.95. The van der Waals surface area contributed by atoms with E-state index >= 15 is 0 Å². The molecule has 0 radical (unpaired) electrons. The Morgan fingerprint density at radius 1 is 1.53 bits per heavy atom. The van der Waals surface area contributed by atoms with Crippen LogP contribution in [0, 0.1) is 16.7 Å². The van der Waals surface area contributed by atoms with Crippen molar-refractivity contribution >= 4 is 26.0 Å². The van der Waals surface area contributed by atoms with Crippen LogP contribution < -0.4 is 0 Å². The number of halogens is 1. The van der Waals surface area contributed by atoms with E-state index in [0.29, 0.717) is 5.92 Å². The van der Waals surface area contributed by atoms with Crippen molar-refractivity contribution in [2.75, 3.05) is 11.6 Å². The summed E-state index contributed by atoms with van der Waals surface area (Å²) in [5.74, 6) is 0.648. The van der Waals surface area contributed by atoms with Gasteiger partial charge < -0.3 is 4.18 Å². The standard InChI is InChI=1S/C12H19BrO3S/c1-11(2)9-4-5-12(11,8-13)10(6-9)7-16-17(3,14)15/h7,9H,4-6,8H2,1-3H3/b10-7-/t9-,12-/m1/s1. The molecule has 2 rings (SSSR count). The highest BCUT2D eigenvalue weighted by Crippen LogP contribution is 2.68. The Morgan fingerprint density at radius 3 is 2.65 bits per heavy atom. The van der Waals surface area contributed by atoms with Gasteiger partial charge in [-0.1, -0.05) is 29.8 Å². The van der Waals surface area contributed by atoms with Crippen molar-refractivity contribution in [3.63, 3.8) is 0 Å². The monoisotopic (exact) mass is 322 g/mol. The lowest BCUT2D eigenvalue weighted by Gasteiger charge is -2.37. The molecule has 2 aliphatic carbocycles. The minimum absolute atomic E-state index is 0.0718. The third-order valence-corrected chi connectivity index (χ3v) is 6.25. The van der Waals surface area contributed by atoms with E-state index in [0.717, 1.165) is 30.0 Å². The largest absolute Gasteiger partial charge is 0.391 e. The number of rotatable bonds is 3.